The summed E-state index contributed by atoms with van der Waals surface area (Å²) in [6.07, 6.45) is -1.43. The molecule has 3 aromatic rings. The van der Waals surface area contributed by atoms with E-state index in [1.807, 2.05) is 48.5 Å². The molecule has 0 radical (unpaired) electrons. The minimum atomic E-state index is -1.23. The molecular formula is C26H22BrFN2O5. The third-order valence-electron chi connectivity index (χ3n) is 5.79. The molecule has 2 amide bonds. The number of alkyl carbamates (subject to hydrolysis) is 1. The number of carbonyl (C=O) groups excluding carboxylic acids is 2. The Hall–Kier alpha value is -3.72. The molecule has 1 unspecified atom stereocenters. The number of hydrogen-bond donors (Lipinski definition) is 3. The lowest BCUT2D eigenvalue weighted by molar-refractivity contribution is -0.137. The molecule has 7 nitrogen and oxygen atoms in total. The molecule has 4 rings (SSSR count). The van der Waals surface area contributed by atoms with Crippen molar-refractivity contribution < 1.29 is 28.6 Å². The SMILES string of the molecule is O=C(O)CCC(NC(=O)OCC1c2ccccc2-c2ccccc21)C(=O)Nc1ccc(Br)cc1F. The van der Waals surface area contributed by atoms with E-state index in [1.54, 1.807) is 6.07 Å². The van der Waals surface area contributed by atoms with Gasteiger partial charge in [0.25, 0.3) is 0 Å². The van der Waals surface area contributed by atoms with Gasteiger partial charge in [0.1, 0.15) is 18.5 Å². The fraction of sp³-hybridized carbons (Fsp3) is 0.192. The number of benzene rings is 3. The maximum Gasteiger partial charge on any atom is 0.407 e. The lowest BCUT2D eigenvalue weighted by atomic mass is 9.98. The number of nitrogens with one attached hydrogen (secondary N) is 2. The van der Waals surface area contributed by atoms with Gasteiger partial charge >= 0.3 is 12.1 Å². The quantitative estimate of drug-likeness (QED) is 0.359. The number of carboxylic acid groups (broad SMARTS) is 1. The largest absolute Gasteiger partial charge is 0.481 e. The summed E-state index contributed by atoms with van der Waals surface area (Å²) in [5.41, 5.74) is 4.13. The zero-order valence-electron chi connectivity index (χ0n) is 18.5. The average molecular weight is 541 g/mol. The lowest BCUT2D eigenvalue weighted by Gasteiger charge is -2.19. The Morgan fingerprint density at radius 2 is 1.63 bits per heavy atom. The summed E-state index contributed by atoms with van der Waals surface area (Å²) in [7, 11) is 0. The van der Waals surface area contributed by atoms with E-state index in [4.69, 9.17) is 9.84 Å². The first-order chi connectivity index (χ1) is 16.8. The third-order valence-corrected chi connectivity index (χ3v) is 6.28. The van der Waals surface area contributed by atoms with Crippen LogP contribution in [0.3, 0.4) is 0 Å². The molecule has 1 aliphatic rings. The van der Waals surface area contributed by atoms with Gasteiger partial charge in [-0.1, -0.05) is 64.5 Å². The van der Waals surface area contributed by atoms with Crippen molar-refractivity contribution >= 4 is 39.6 Å². The maximum atomic E-state index is 14.1. The summed E-state index contributed by atoms with van der Waals surface area (Å²) >= 11 is 3.14. The fourth-order valence-electron chi connectivity index (χ4n) is 4.13. The van der Waals surface area contributed by atoms with Gasteiger partial charge in [0.2, 0.25) is 5.91 Å². The highest BCUT2D eigenvalue weighted by atomic mass is 79.9. The molecule has 0 spiro atoms. The molecular weight excluding hydrogens is 519 g/mol. The molecule has 0 saturated carbocycles. The highest BCUT2D eigenvalue weighted by molar-refractivity contribution is 9.10. The van der Waals surface area contributed by atoms with Gasteiger partial charge in [0.05, 0.1) is 5.69 Å². The lowest BCUT2D eigenvalue weighted by Crippen LogP contribution is -2.44. The minimum Gasteiger partial charge on any atom is -0.481 e. The first-order valence-electron chi connectivity index (χ1n) is 10.9. The molecule has 0 aromatic heterocycles. The number of halogens is 2. The van der Waals surface area contributed by atoms with E-state index in [1.165, 1.54) is 12.1 Å². The molecule has 0 saturated heterocycles. The van der Waals surface area contributed by atoms with E-state index in [2.05, 4.69) is 26.6 Å². The van der Waals surface area contributed by atoms with Crippen LogP contribution < -0.4 is 10.6 Å². The first kappa shape index (κ1) is 24.4. The molecule has 0 fully saturated rings. The molecule has 9 heteroatoms. The van der Waals surface area contributed by atoms with E-state index in [0.717, 1.165) is 22.3 Å². The van der Waals surface area contributed by atoms with Crippen LogP contribution in [0.5, 0.6) is 0 Å². The van der Waals surface area contributed by atoms with Crippen LogP contribution in [0.4, 0.5) is 14.9 Å². The van der Waals surface area contributed by atoms with Gasteiger partial charge in [-0.15, -0.1) is 0 Å². The average Bonchev–Trinajstić information content (AvgIpc) is 3.15. The van der Waals surface area contributed by atoms with Crippen molar-refractivity contribution in [3.05, 3.63) is 88.1 Å². The number of carboxylic acids is 1. The summed E-state index contributed by atoms with van der Waals surface area (Å²) < 4.78 is 20.1. The van der Waals surface area contributed by atoms with Crippen LogP contribution in [-0.4, -0.2) is 35.7 Å². The van der Waals surface area contributed by atoms with Crippen LogP contribution in [-0.2, 0) is 14.3 Å². The van der Waals surface area contributed by atoms with Gasteiger partial charge in [-0.2, -0.15) is 0 Å². The summed E-state index contributed by atoms with van der Waals surface area (Å²) in [5, 5.41) is 13.9. The normalized spacial score (nSPS) is 12.9. The van der Waals surface area contributed by atoms with E-state index < -0.39 is 29.8 Å². The monoisotopic (exact) mass is 540 g/mol. The van der Waals surface area contributed by atoms with Gasteiger partial charge in [0.15, 0.2) is 0 Å². The second-order valence-electron chi connectivity index (χ2n) is 8.07. The number of anilines is 1. The van der Waals surface area contributed by atoms with Gasteiger partial charge in [0, 0.05) is 16.8 Å². The number of aliphatic carboxylic acids is 1. The van der Waals surface area contributed by atoms with Gasteiger partial charge in [-0.3, -0.25) is 9.59 Å². The second kappa shape index (κ2) is 10.7. The summed E-state index contributed by atoms with van der Waals surface area (Å²) in [4.78, 5) is 36.4. The van der Waals surface area contributed by atoms with E-state index in [-0.39, 0.29) is 31.1 Å². The Balaban J connectivity index is 1.43. The van der Waals surface area contributed by atoms with Crippen molar-refractivity contribution in [2.24, 2.45) is 0 Å². The predicted octanol–water partition coefficient (Wildman–Crippen LogP) is 5.30. The molecule has 3 N–H and O–H groups in total. The molecule has 0 aliphatic heterocycles. The first-order valence-corrected chi connectivity index (χ1v) is 11.7. The standard InChI is InChI=1S/C26H22BrFN2O5/c27-15-9-10-22(21(28)13-15)29-25(33)23(11-12-24(31)32)30-26(34)35-14-20-18-7-3-1-5-16(18)17-6-2-4-8-19(17)20/h1-10,13,20,23H,11-12,14H2,(H,29,33)(H,30,34)(H,31,32). The predicted molar refractivity (Wildman–Crippen MR) is 132 cm³/mol. The van der Waals surface area contributed by atoms with Gasteiger partial charge in [-0.05, 0) is 46.9 Å². The highest BCUT2D eigenvalue weighted by Gasteiger charge is 2.30. The Kier molecular flexibility index (Phi) is 7.45. The van der Waals surface area contributed by atoms with Crippen LogP contribution >= 0.6 is 15.9 Å². The molecule has 0 heterocycles. The molecule has 1 atom stereocenters. The second-order valence-corrected chi connectivity index (χ2v) is 8.98. The van der Waals surface area contributed by atoms with Crippen LogP contribution in [0.1, 0.15) is 29.9 Å². The van der Waals surface area contributed by atoms with Crippen molar-refractivity contribution in [3.63, 3.8) is 0 Å². The number of ether oxygens (including phenoxy) is 1. The molecule has 3 aromatic carbocycles. The minimum absolute atomic E-state index is 0.0362. The van der Waals surface area contributed by atoms with Gasteiger partial charge in [-0.25, -0.2) is 9.18 Å². The Labute approximate surface area is 209 Å². The summed E-state index contributed by atoms with van der Waals surface area (Å²) in [6.45, 7) is 0.0362. The van der Waals surface area contributed by atoms with Crippen molar-refractivity contribution in [2.75, 3.05) is 11.9 Å². The van der Waals surface area contributed by atoms with Crippen molar-refractivity contribution in [2.45, 2.75) is 24.8 Å². The number of rotatable bonds is 8. The van der Waals surface area contributed by atoms with E-state index in [0.29, 0.717) is 4.47 Å². The zero-order valence-corrected chi connectivity index (χ0v) is 20.0. The Morgan fingerprint density at radius 1 is 1.00 bits per heavy atom. The third kappa shape index (κ3) is 5.68. The van der Waals surface area contributed by atoms with Crippen LogP contribution in [0, 0.1) is 5.82 Å². The zero-order chi connectivity index (χ0) is 24.9. The molecule has 180 valence electrons. The molecule has 35 heavy (non-hydrogen) atoms. The number of amides is 2. The summed E-state index contributed by atoms with van der Waals surface area (Å²) in [5.74, 6) is -2.73. The van der Waals surface area contributed by atoms with Crippen molar-refractivity contribution in [1.29, 1.82) is 0 Å². The fourth-order valence-corrected chi connectivity index (χ4v) is 4.46. The van der Waals surface area contributed by atoms with E-state index >= 15 is 0 Å². The van der Waals surface area contributed by atoms with Crippen molar-refractivity contribution in [1.82, 2.24) is 5.32 Å². The number of fused-ring (bicyclic) bond motifs is 3. The highest BCUT2D eigenvalue weighted by Crippen LogP contribution is 2.44. The van der Waals surface area contributed by atoms with Gasteiger partial charge < -0.3 is 20.5 Å². The van der Waals surface area contributed by atoms with Crippen LogP contribution in [0.25, 0.3) is 11.1 Å². The maximum absolute atomic E-state index is 14.1. The topological polar surface area (TPSA) is 105 Å². The molecule has 1 aliphatic carbocycles. The smallest absolute Gasteiger partial charge is 0.407 e. The van der Waals surface area contributed by atoms with E-state index in [9.17, 15) is 18.8 Å². The number of carbonyl (C=O) groups is 3. The molecule has 0 bridgehead atoms. The van der Waals surface area contributed by atoms with Crippen molar-refractivity contribution in [3.8, 4) is 11.1 Å². The Morgan fingerprint density at radius 3 is 2.23 bits per heavy atom. The number of hydrogen-bond acceptors (Lipinski definition) is 4. The van der Waals surface area contributed by atoms with Crippen LogP contribution in [0.15, 0.2) is 71.2 Å². The van der Waals surface area contributed by atoms with Crippen LogP contribution in [0.2, 0.25) is 0 Å². The summed E-state index contributed by atoms with van der Waals surface area (Å²) in [6, 6.07) is 18.6. The Bertz CT molecular complexity index is 1240.